The zero-order chi connectivity index (χ0) is 24.7. The lowest BCUT2D eigenvalue weighted by atomic mass is 9.65. The number of anilines is 1. The van der Waals surface area contributed by atoms with E-state index in [9.17, 15) is 19.5 Å². The van der Waals surface area contributed by atoms with Gasteiger partial charge in [-0.25, -0.2) is 0 Å². The van der Waals surface area contributed by atoms with Crippen LogP contribution in [0.2, 0.25) is 0 Å². The third kappa shape index (κ3) is 3.71. The number of aliphatic hydroxyl groups excluding tert-OH is 1. The number of hydrogen-bond acceptors (Lipinski definition) is 5. The molecule has 3 amide bonds. The molecule has 3 fully saturated rings. The predicted molar refractivity (Wildman–Crippen MR) is 128 cm³/mol. The van der Waals surface area contributed by atoms with E-state index in [-0.39, 0.29) is 30.4 Å². The van der Waals surface area contributed by atoms with Crippen molar-refractivity contribution in [2.45, 2.75) is 89.1 Å². The average Bonchev–Trinajstić information content (AvgIpc) is 3.43. The van der Waals surface area contributed by atoms with Crippen molar-refractivity contribution in [3.63, 3.8) is 0 Å². The van der Waals surface area contributed by atoms with Gasteiger partial charge in [0.05, 0.1) is 30.1 Å². The number of likely N-dealkylation sites (tertiary alicyclic amines) is 1. The number of ether oxygens (including phenoxy) is 1. The molecular weight excluding hydrogens is 434 g/mol. The van der Waals surface area contributed by atoms with E-state index >= 15 is 0 Å². The number of carbonyl (C=O) groups is 3. The van der Waals surface area contributed by atoms with Gasteiger partial charge < -0.3 is 25.4 Å². The zero-order valence-electron chi connectivity index (χ0n) is 20.5. The zero-order valence-corrected chi connectivity index (χ0v) is 20.5. The summed E-state index contributed by atoms with van der Waals surface area (Å²) in [5, 5.41) is 16.0. The molecule has 186 valence electrons. The van der Waals surface area contributed by atoms with Crippen LogP contribution in [-0.2, 0) is 19.1 Å². The van der Waals surface area contributed by atoms with Crippen LogP contribution in [0.15, 0.2) is 30.3 Å². The lowest BCUT2D eigenvalue weighted by Gasteiger charge is -2.36. The second-order valence-corrected chi connectivity index (χ2v) is 10.2. The van der Waals surface area contributed by atoms with Crippen molar-refractivity contribution in [2.24, 2.45) is 11.8 Å². The first-order valence-corrected chi connectivity index (χ1v) is 12.5. The van der Waals surface area contributed by atoms with Crippen LogP contribution in [0.25, 0.3) is 0 Å². The number of carbonyl (C=O) groups excluding carboxylic acids is 3. The minimum atomic E-state index is -1.08. The van der Waals surface area contributed by atoms with Crippen LogP contribution < -0.4 is 10.6 Å². The number of nitrogens with one attached hydrogen (secondary N) is 2. The molecule has 1 spiro atoms. The smallest absolute Gasteiger partial charge is 0.246 e. The minimum absolute atomic E-state index is 0.0507. The van der Waals surface area contributed by atoms with Crippen molar-refractivity contribution in [3.8, 4) is 0 Å². The summed E-state index contributed by atoms with van der Waals surface area (Å²) in [7, 11) is 0. The summed E-state index contributed by atoms with van der Waals surface area (Å²) in [5.41, 5.74) is -1.21. The van der Waals surface area contributed by atoms with Crippen LogP contribution in [0, 0.1) is 11.8 Å². The Bertz CT molecular complexity index is 940. The Morgan fingerprint density at radius 1 is 1.18 bits per heavy atom. The molecule has 3 heterocycles. The summed E-state index contributed by atoms with van der Waals surface area (Å²) in [6.45, 7) is 7.43. The number of rotatable bonds is 9. The lowest BCUT2D eigenvalue weighted by molar-refractivity contribution is -0.149. The van der Waals surface area contributed by atoms with Crippen LogP contribution in [0.4, 0.5) is 5.69 Å². The fraction of sp³-hybridized carbons (Fsp3) is 0.654. The topological polar surface area (TPSA) is 108 Å². The molecule has 7 atom stereocenters. The van der Waals surface area contributed by atoms with Crippen molar-refractivity contribution in [1.82, 2.24) is 10.2 Å². The molecule has 2 bridgehead atoms. The highest BCUT2D eigenvalue weighted by Crippen LogP contribution is 2.64. The molecule has 3 aliphatic rings. The van der Waals surface area contributed by atoms with Gasteiger partial charge in [0.2, 0.25) is 17.7 Å². The Morgan fingerprint density at radius 3 is 2.50 bits per heavy atom. The number of aliphatic hydroxyl groups is 1. The molecule has 8 heteroatoms. The highest BCUT2D eigenvalue weighted by Gasteiger charge is 2.79. The Hall–Kier alpha value is -2.45. The lowest BCUT2D eigenvalue weighted by Crippen LogP contribution is -2.58. The van der Waals surface area contributed by atoms with E-state index in [2.05, 4.69) is 17.6 Å². The molecule has 0 saturated carbocycles. The van der Waals surface area contributed by atoms with E-state index in [1.165, 1.54) is 4.90 Å². The molecule has 0 radical (unpaired) electrons. The Morgan fingerprint density at radius 2 is 1.88 bits per heavy atom. The summed E-state index contributed by atoms with van der Waals surface area (Å²) >= 11 is 0. The van der Waals surface area contributed by atoms with Crippen LogP contribution in [0.5, 0.6) is 0 Å². The maximum atomic E-state index is 13.9. The van der Waals surface area contributed by atoms with Gasteiger partial charge in [-0.3, -0.25) is 14.4 Å². The molecule has 1 aromatic rings. The number of benzene rings is 1. The number of para-hydroxylation sites is 1. The maximum Gasteiger partial charge on any atom is 0.246 e. The van der Waals surface area contributed by atoms with Crippen LogP contribution in [-0.4, -0.2) is 63.7 Å². The Kier molecular flexibility index (Phi) is 6.75. The second-order valence-electron chi connectivity index (χ2n) is 10.2. The SMILES string of the molecule is CCCC(C)NC(=O)C1N([C@H](C)CO)C(=O)[C@@H]2[C@@H](C(=O)Nc3ccccc3)[C@@]3(CC)CCC12O3. The summed E-state index contributed by atoms with van der Waals surface area (Å²) in [5.74, 6) is -2.29. The molecule has 1 aromatic carbocycles. The van der Waals surface area contributed by atoms with Gasteiger partial charge in [-0.2, -0.15) is 0 Å². The maximum absolute atomic E-state index is 13.9. The largest absolute Gasteiger partial charge is 0.394 e. The molecular formula is C26H37N3O5. The summed E-state index contributed by atoms with van der Waals surface area (Å²) in [6, 6.07) is 7.67. The van der Waals surface area contributed by atoms with E-state index in [1.54, 1.807) is 6.92 Å². The first-order chi connectivity index (χ1) is 16.2. The highest BCUT2D eigenvalue weighted by molar-refractivity contribution is 6.02. The second kappa shape index (κ2) is 9.30. The van der Waals surface area contributed by atoms with Gasteiger partial charge >= 0.3 is 0 Å². The third-order valence-electron chi connectivity index (χ3n) is 8.04. The monoisotopic (exact) mass is 471 g/mol. The normalized spacial score (nSPS) is 33.5. The van der Waals surface area contributed by atoms with Crippen LogP contribution in [0.1, 0.15) is 59.8 Å². The number of amides is 3. The quantitative estimate of drug-likeness (QED) is 0.513. The number of nitrogens with zero attached hydrogens (tertiary/aromatic N) is 1. The van der Waals surface area contributed by atoms with Gasteiger partial charge in [0.1, 0.15) is 11.6 Å². The summed E-state index contributed by atoms with van der Waals surface area (Å²) in [4.78, 5) is 42.6. The average molecular weight is 472 g/mol. The number of fused-ring (bicyclic) bond motifs is 1. The minimum Gasteiger partial charge on any atom is -0.394 e. The van der Waals surface area contributed by atoms with Crippen molar-refractivity contribution >= 4 is 23.4 Å². The van der Waals surface area contributed by atoms with Crippen LogP contribution in [0.3, 0.4) is 0 Å². The molecule has 8 nitrogen and oxygen atoms in total. The van der Waals surface area contributed by atoms with Gasteiger partial charge in [0.25, 0.3) is 0 Å². The van der Waals surface area contributed by atoms with Gasteiger partial charge in [-0.15, -0.1) is 0 Å². The predicted octanol–water partition coefficient (Wildman–Crippen LogP) is 2.47. The molecule has 4 rings (SSSR count). The highest BCUT2D eigenvalue weighted by atomic mass is 16.5. The van der Waals surface area contributed by atoms with Crippen molar-refractivity contribution < 1.29 is 24.2 Å². The van der Waals surface area contributed by atoms with Crippen molar-refractivity contribution in [2.75, 3.05) is 11.9 Å². The fourth-order valence-electron chi connectivity index (χ4n) is 6.48. The first-order valence-electron chi connectivity index (χ1n) is 12.5. The summed E-state index contributed by atoms with van der Waals surface area (Å²) in [6.07, 6.45) is 3.45. The van der Waals surface area contributed by atoms with Gasteiger partial charge in [-0.1, -0.05) is 38.5 Å². The van der Waals surface area contributed by atoms with E-state index in [4.69, 9.17) is 4.74 Å². The van der Waals surface area contributed by atoms with E-state index in [0.29, 0.717) is 24.9 Å². The third-order valence-corrected chi connectivity index (χ3v) is 8.04. The molecule has 34 heavy (non-hydrogen) atoms. The van der Waals surface area contributed by atoms with E-state index < -0.39 is 35.1 Å². The van der Waals surface area contributed by atoms with Crippen molar-refractivity contribution in [1.29, 1.82) is 0 Å². The molecule has 3 N–H and O–H groups in total. The first kappa shape index (κ1) is 24.7. The molecule has 0 aliphatic carbocycles. The molecule has 3 aliphatic heterocycles. The standard InChI is InChI=1S/C26H37N3O5/c1-5-10-16(3)27-23(32)21-26-14-13-25(6-2,34-26)19(20(26)24(33)29(21)17(4)15-30)22(31)28-18-11-8-7-9-12-18/h7-9,11-12,16-17,19-21,30H,5-6,10,13-15H2,1-4H3,(H,27,32)(H,28,31)/t16?,17-,19+,20+,21?,25-,26?/m1/s1. The van der Waals surface area contributed by atoms with Crippen molar-refractivity contribution in [3.05, 3.63) is 30.3 Å². The number of hydrogen-bond donors (Lipinski definition) is 3. The van der Waals surface area contributed by atoms with Crippen LogP contribution >= 0.6 is 0 Å². The fourth-order valence-corrected chi connectivity index (χ4v) is 6.48. The van der Waals surface area contributed by atoms with Gasteiger partial charge in [0.15, 0.2) is 0 Å². The van der Waals surface area contributed by atoms with E-state index in [0.717, 1.165) is 12.8 Å². The summed E-state index contributed by atoms with van der Waals surface area (Å²) < 4.78 is 6.70. The molecule has 0 aromatic heterocycles. The molecule has 3 saturated heterocycles. The van der Waals surface area contributed by atoms with Gasteiger partial charge in [-0.05, 0) is 51.7 Å². The van der Waals surface area contributed by atoms with Gasteiger partial charge in [0, 0.05) is 11.7 Å². The Labute approximate surface area is 201 Å². The molecule has 3 unspecified atom stereocenters. The Balaban J connectivity index is 1.73. The van der Waals surface area contributed by atoms with E-state index in [1.807, 2.05) is 44.2 Å².